The Kier molecular flexibility index (Phi) is 6.72. The van der Waals surface area contributed by atoms with E-state index in [1.54, 1.807) is 0 Å². The van der Waals surface area contributed by atoms with Crippen LogP contribution in [0.2, 0.25) is 0 Å². The zero-order valence-electron chi connectivity index (χ0n) is 12.9. The van der Waals surface area contributed by atoms with Crippen molar-refractivity contribution in [3.8, 4) is 0 Å². The van der Waals surface area contributed by atoms with Crippen molar-refractivity contribution in [3.63, 3.8) is 0 Å². The highest BCUT2D eigenvalue weighted by Crippen LogP contribution is 2.20. The Balaban J connectivity index is 2.29. The number of rotatable bonds is 7. The third kappa shape index (κ3) is 7.34. The lowest BCUT2D eigenvalue weighted by Gasteiger charge is -2.25. The molecule has 5 heteroatoms. The van der Waals surface area contributed by atoms with E-state index in [1.165, 1.54) is 12.7 Å². The topological polar surface area (TPSA) is 67.4 Å². The highest BCUT2D eigenvalue weighted by molar-refractivity contribution is 5.77. The van der Waals surface area contributed by atoms with Crippen LogP contribution in [0.3, 0.4) is 0 Å². The number of carbonyl (C=O) groups is 2. The van der Waals surface area contributed by atoms with Crippen LogP contribution in [0.4, 0.5) is 4.79 Å². The third-order valence-corrected chi connectivity index (χ3v) is 3.10. The lowest BCUT2D eigenvalue weighted by molar-refractivity contribution is -0.121. The first-order valence-electron chi connectivity index (χ1n) is 7.05. The predicted molar refractivity (Wildman–Crippen MR) is 82.0 cm³/mol. The fourth-order valence-electron chi connectivity index (χ4n) is 1.99. The second-order valence-electron chi connectivity index (χ2n) is 5.77. The summed E-state index contributed by atoms with van der Waals surface area (Å²) >= 11 is 0. The summed E-state index contributed by atoms with van der Waals surface area (Å²) in [7, 11) is 1.29. The van der Waals surface area contributed by atoms with Gasteiger partial charge in [0.1, 0.15) is 0 Å². The Morgan fingerprint density at radius 3 is 2.43 bits per heavy atom. The van der Waals surface area contributed by atoms with Gasteiger partial charge in [-0.3, -0.25) is 4.79 Å². The molecule has 0 aliphatic rings. The highest BCUT2D eigenvalue weighted by Gasteiger charge is 2.19. The largest absolute Gasteiger partial charge is 0.453 e. The minimum absolute atomic E-state index is 0.0210. The monoisotopic (exact) mass is 292 g/mol. The predicted octanol–water partition coefficient (Wildman–Crippen LogP) is 2.12. The fourth-order valence-corrected chi connectivity index (χ4v) is 1.99. The van der Waals surface area contributed by atoms with Gasteiger partial charge in [0.25, 0.3) is 0 Å². The molecule has 1 aromatic rings. The van der Waals surface area contributed by atoms with Gasteiger partial charge in [-0.2, -0.15) is 0 Å². The van der Waals surface area contributed by atoms with E-state index in [0.717, 1.165) is 6.42 Å². The maximum Gasteiger partial charge on any atom is 0.406 e. The Morgan fingerprint density at radius 1 is 1.14 bits per heavy atom. The molecule has 0 atom stereocenters. The Morgan fingerprint density at radius 2 is 1.81 bits per heavy atom. The van der Waals surface area contributed by atoms with E-state index in [-0.39, 0.29) is 24.3 Å². The summed E-state index contributed by atoms with van der Waals surface area (Å²) in [5.74, 6) is -0.0764. The lowest BCUT2D eigenvalue weighted by Crippen LogP contribution is -2.37. The van der Waals surface area contributed by atoms with Crippen LogP contribution in [0.15, 0.2) is 30.3 Å². The van der Waals surface area contributed by atoms with Gasteiger partial charge in [-0.05, 0) is 17.4 Å². The van der Waals surface area contributed by atoms with Crippen molar-refractivity contribution in [2.75, 3.05) is 20.2 Å². The molecular formula is C16H24N2O3. The van der Waals surface area contributed by atoms with Gasteiger partial charge in [0.15, 0.2) is 0 Å². The fraction of sp³-hybridized carbons (Fsp3) is 0.500. The maximum absolute atomic E-state index is 11.7. The van der Waals surface area contributed by atoms with Gasteiger partial charge in [0, 0.05) is 19.5 Å². The number of benzene rings is 1. The number of ether oxygens (including phenoxy) is 1. The van der Waals surface area contributed by atoms with Crippen LogP contribution >= 0.6 is 0 Å². The van der Waals surface area contributed by atoms with E-state index in [0.29, 0.717) is 6.54 Å². The molecule has 0 unspecified atom stereocenters. The van der Waals surface area contributed by atoms with Crippen LogP contribution in [0.5, 0.6) is 0 Å². The van der Waals surface area contributed by atoms with Gasteiger partial charge < -0.3 is 15.4 Å². The number of alkyl carbamates (subject to hydrolysis) is 1. The summed E-state index contributed by atoms with van der Waals surface area (Å²) in [5, 5.41) is 5.38. The molecule has 0 aliphatic carbocycles. The van der Waals surface area contributed by atoms with Gasteiger partial charge in [0.2, 0.25) is 5.91 Å². The van der Waals surface area contributed by atoms with Crippen molar-refractivity contribution < 1.29 is 14.3 Å². The molecule has 21 heavy (non-hydrogen) atoms. The molecule has 2 N–H and O–H groups in total. The Hall–Kier alpha value is -2.04. The molecule has 0 spiro atoms. The number of nitrogens with one attached hydrogen (secondary N) is 2. The van der Waals surface area contributed by atoms with Gasteiger partial charge in [-0.15, -0.1) is 0 Å². The van der Waals surface area contributed by atoms with Crippen LogP contribution in [0, 0.1) is 5.41 Å². The summed E-state index contributed by atoms with van der Waals surface area (Å²) in [6, 6.07) is 10.2. The van der Waals surface area contributed by atoms with E-state index in [1.807, 2.05) is 18.2 Å². The van der Waals surface area contributed by atoms with Crippen LogP contribution in [0.1, 0.15) is 25.8 Å². The third-order valence-electron chi connectivity index (χ3n) is 3.10. The van der Waals surface area contributed by atoms with Gasteiger partial charge in [-0.25, -0.2) is 4.79 Å². The molecule has 2 amide bonds. The minimum Gasteiger partial charge on any atom is -0.453 e. The quantitative estimate of drug-likeness (QED) is 0.809. The van der Waals surface area contributed by atoms with Crippen LogP contribution < -0.4 is 10.6 Å². The van der Waals surface area contributed by atoms with Crippen LogP contribution in [0.25, 0.3) is 0 Å². The van der Waals surface area contributed by atoms with E-state index in [2.05, 4.69) is 41.4 Å². The number of hydrogen-bond acceptors (Lipinski definition) is 3. The van der Waals surface area contributed by atoms with Gasteiger partial charge in [0.05, 0.1) is 7.11 Å². The second kappa shape index (κ2) is 8.29. The Labute approximate surface area is 126 Å². The first kappa shape index (κ1) is 17.0. The summed E-state index contributed by atoms with van der Waals surface area (Å²) < 4.78 is 4.43. The number of methoxy groups -OCH3 is 1. The molecular weight excluding hydrogens is 268 g/mol. The van der Waals surface area contributed by atoms with Crippen molar-refractivity contribution in [2.45, 2.75) is 26.7 Å². The second-order valence-corrected chi connectivity index (χ2v) is 5.77. The summed E-state index contributed by atoms with van der Waals surface area (Å²) in [4.78, 5) is 22.6. The SMILES string of the molecule is COC(=O)NCCC(=O)NCC(C)(C)Cc1ccccc1. The van der Waals surface area contributed by atoms with E-state index in [4.69, 9.17) is 0 Å². The molecule has 5 nitrogen and oxygen atoms in total. The molecule has 0 heterocycles. The first-order valence-corrected chi connectivity index (χ1v) is 7.05. The van der Waals surface area contributed by atoms with E-state index < -0.39 is 6.09 Å². The molecule has 0 radical (unpaired) electrons. The van der Waals surface area contributed by atoms with E-state index >= 15 is 0 Å². The van der Waals surface area contributed by atoms with Crippen molar-refractivity contribution in [1.82, 2.24) is 10.6 Å². The zero-order valence-corrected chi connectivity index (χ0v) is 12.9. The van der Waals surface area contributed by atoms with Crippen LogP contribution in [-0.2, 0) is 16.0 Å². The average molecular weight is 292 g/mol. The number of amides is 2. The average Bonchev–Trinajstić information content (AvgIpc) is 2.45. The molecule has 0 saturated heterocycles. The van der Waals surface area contributed by atoms with E-state index in [9.17, 15) is 9.59 Å². The highest BCUT2D eigenvalue weighted by atomic mass is 16.5. The van der Waals surface area contributed by atoms with Crippen LogP contribution in [-0.4, -0.2) is 32.2 Å². The summed E-state index contributed by atoms with van der Waals surface area (Å²) in [5.41, 5.74) is 1.23. The zero-order chi connectivity index (χ0) is 15.7. The molecule has 0 saturated carbocycles. The van der Waals surface area contributed by atoms with Crippen molar-refractivity contribution in [3.05, 3.63) is 35.9 Å². The van der Waals surface area contributed by atoms with Crippen molar-refractivity contribution in [2.24, 2.45) is 5.41 Å². The summed E-state index contributed by atoms with van der Waals surface area (Å²) in [6.45, 7) is 5.11. The number of carbonyl (C=O) groups excluding carboxylic acids is 2. The summed E-state index contributed by atoms with van der Waals surface area (Å²) in [6.07, 6.45) is 0.623. The van der Waals surface area contributed by atoms with Gasteiger partial charge >= 0.3 is 6.09 Å². The normalized spacial score (nSPS) is 10.8. The first-order chi connectivity index (χ1) is 9.93. The van der Waals surface area contributed by atoms with Crippen molar-refractivity contribution >= 4 is 12.0 Å². The maximum atomic E-state index is 11.7. The van der Waals surface area contributed by atoms with Crippen molar-refractivity contribution in [1.29, 1.82) is 0 Å². The lowest BCUT2D eigenvalue weighted by atomic mass is 9.85. The molecule has 1 rings (SSSR count). The molecule has 0 aliphatic heterocycles. The van der Waals surface area contributed by atoms with Gasteiger partial charge in [-0.1, -0.05) is 44.2 Å². The molecule has 0 fully saturated rings. The standard InChI is InChI=1S/C16H24N2O3/c1-16(2,11-13-7-5-4-6-8-13)12-18-14(19)9-10-17-15(20)21-3/h4-8H,9-12H2,1-3H3,(H,17,20)(H,18,19). The molecule has 0 bridgehead atoms. The molecule has 1 aromatic carbocycles. The smallest absolute Gasteiger partial charge is 0.406 e. The minimum atomic E-state index is -0.521. The molecule has 116 valence electrons. The molecule has 0 aromatic heterocycles. The Bertz CT molecular complexity index is 458. The number of hydrogen-bond donors (Lipinski definition) is 2.